The van der Waals surface area contributed by atoms with Crippen molar-refractivity contribution >= 4 is 10.1 Å². The molecule has 0 spiro atoms. The van der Waals surface area contributed by atoms with E-state index in [2.05, 4.69) is 6.92 Å². The van der Waals surface area contributed by atoms with Gasteiger partial charge in [0.25, 0.3) is 10.1 Å². The van der Waals surface area contributed by atoms with Crippen LogP contribution in [0.2, 0.25) is 0 Å². The molecule has 0 unspecified atom stereocenters. The van der Waals surface area contributed by atoms with Gasteiger partial charge in [-0.1, -0.05) is 121 Å². The van der Waals surface area contributed by atoms with E-state index in [1.165, 1.54) is 89.9 Å². The lowest BCUT2D eigenvalue weighted by Crippen LogP contribution is -2.05. The molecule has 0 bridgehead atoms. The molecule has 0 atom stereocenters. The predicted octanol–water partition coefficient (Wildman–Crippen LogP) is 8.05. The maximum atomic E-state index is 11.6. The van der Waals surface area contributed by atoms with Gasteiger partial charge in [0.1, 0.15) is 0 Å². The van der Waals surface area contributed by atoms with E-state index in [0.29, 0.717) is 5.56 Å². The Labute approximate surface area is 180 Å². The summed E-state index contributed by atoms with van der Waals surface area (Å²) in [6.45, 7) is 4.01. The number of unbranched alkanes of at least 4 members (excludes halogenated alkanes) is 15. The molecule has 1 rings (SSSR count). The van der Waals surface area contributed by atoms with Crippen molar-refractivity contribution in [3.8, 4) is 0 Å². The molecule has 4 heteroatoms. The minimum absolute atomic E-state index is 0.112. The van der Waals surface area contributed by atoms with E-state index in [0.717, 1.165) is 24.8 Å². The highest BCUT2D eigenvalue weighted by molar-refractivity contribution is 7.86. The first-order valence-corrected chi connectivity index (χ1v) is 13.5. The summed E-state index contributed by atoms with van der Waals surface area (Å²) in [5.74, 6) is 0. The van der Waals surface area contributed by atoms with E-state index in [9.17, 15) is 13.0 Å². The Kier molecular flexibility index (Phi) is 14.3. The van der Waals surface area contributed by atoms with Crippen molar-refractivity contribution in [1.29, 1.82) is 0 Å². The molecule has 0 amide bonds. The average Bonchev–Trinajstić information content (AvgIpc) is 2.66. The van der Waals surface area contributed by atoms with Crippen LogP contribution in [0.25, 0.3) is 0 Å². The highest BCUT2D eigenvalue weighted by Crippen LogP contribution is 2.22. The van der Waals surface area contributed by atoms with Crippen LogP contribution in [0.4, 0.5) is 0 Å². The summed E-state index contributed by atoms with van der Waals surface area (Å²) in [7, 11) is -4.14. The van der Waals surface area contributed by atoms with E-state index in [4.69, 9.17) is 0 Å². The van der Waals surface area contributed by atoms with Gasteiger partial charge in [0.15, 0.2) is 0 Å². The van der Waals surface area contributed by atoms with Gasteiger partial charge in [-0.2, -0.15) is 8.42 Å². The normalized spacial score (nSPS) is 11.8. The van der Waals surface area contributed by atoms with Crippen molar-refractivity contribution in [3.05, 3.63) is 29.3 Å². The fourth-order valence-electron chi connectivity index (χ4n) is 4.14. The Morgan fingerprint density at radius 1 is 0.690 bits per heavy atom. The van der Waals surface area contributed by atoms with Crippen LogP contribution in [-0.4, -0.2) is 13.0 Å². The molecule has 0 heterocycles. The Morgan fingerprint density at radius 2 is 1.10 bits per heavy atom. The van der Waals surface area contributed by atoms with E-state index in [1.54, 1.807) is 13.0 Å². The molecule has 0 radical (unpaired) electrons. The molecule has 3 nitrogen and oxygen atoms in total. The van der Waals surface area contributed by atoms with Crippen LogP contribution >= 0.6 is 0 Å². The third-order valence-corrected chi connectivity index (χ3v) is 6.95. The van der Waals surface area contributed by atoms with Gasteiger partial charge < -0.3 is 0 Å². The van der Waals surface area contributed by atoms with Crippen LogP contribution in [0.3, 0.4) is 0 Å². The van der Waals surface area contributed by atoms with Crippen molar-refractivity contribution in [3.63, 3.8) is 0 Å². The molecule has 0 aliphatic carbocycles. The summed E-state index contributed by atoms with van der Waals surface area (Å²) in [6.07, 6.45) is 22.0. The predicted molar refractivity (Wildman–Crippen MR) is 124 cm³/mol. The quantitative estimate of drug-likeness (QED) is 0.191. The lowest BCUT2D eigenvalue weighted by Gasteiger charge is -2.10. The number of aryl methyl sites for hydroxylation is 2. The molecule has 1 aromatic rings. The minimum atomic E-state index is -4.14. The van der Waals surface area contributed by atoms with E-state index in [1.807, 2.05) is 12.1 Å². The lowest BCUT2D eigenvalue weighted by molar-refractivity contribution is 0.481. The zero-order valence-corrected chi connectivity index (χ0v) is 19.7. The zero-order valence-electron chi connectivity index (χ0n) is 18.9. The molecule has 1 aromatic carbocycles. The van der Waals surface area contributed by atoms with Crippen LogP contribution in [0.5, 0.6) is 0 Å². The third kappa shape index (κ3) is 12.4. The lowest BCUT2D eigenvalue weighted by atomic mass is 10.0. The summed E-state index contributed by atoms with van der Waals surface area (Å²) < 4.78 is 32.7. The van der Waals surface area contributed by atoms with Crippen molar-refractivity contribution < 1.29 is 13.0 Å². The molecule has 29 heavy (non-hydrogen) atoms. The second-order valence-corrected chi connectivity index (χ2v) is 9.95. The van der Waals surface area contributed by atoms with Gasteiger partial charge in [-0.15, -0.1) is 0 Å². The Balaban J connectivity index is 1.98. The van der Waals surface area contributed by atoms with Crippen molar-refractivity contribution in [2.24, 2.45) is 0 Å². The van der Waals surface area contributed by atoms with Gasteiger partial charge in [-0.3, -0.25) is 4.55 Å². The van der Waals surface area contributed by atoms with Crippen LogP contribution in [0.15, 0.2) is 23.1 Å². The number of hydrogen-bond acceptors (Lipinski definition) is 2. The minimum Gasteiger partial charge on any atom is -0.282 e. The highest BCUT2D eigenvalue weighted by Gasteiger charge is 2.17. The van der Waals surface area contributed by atoms with Gasteiger partial charge in [0.2, 0.25) is 0 Å². The van der Waals surface area contributed by atoms with Crippen molar-refractivity contribution in [1.82, 2.24) is 0 Å². The van der Waals surface area contributed by atoms with Crippen LogP contribution in [-0.2, 0) is 16.5 Å². The first-order chi connectivity index (χ1) is 14.0. The maximum absolute atomic E-state index is 11.6. The second-order valence-electron chi connectivity index (χ2n) is 8.59. The number of rotatable bonds is 18. The SMILES string of the molecule is CCCCCCCCCCCCCCCCCCc1cccc(C)c1S(=O)(=O)O. The summed E-state index contributed by atoms with van der Waals surface area (Å²) in [5.41, 5.74) is 1.37. The third-order valence-electron chi connectivity index (χ3n) is 5.85. The zero-order chi connectivity index (χ0) is 21.4. The van der Waals surface area contributed by atoms with Crippen molar-refractivity contribution in [2.45, 2.75) is 128 Å². The second kappa shape index (κ2) is 15.9. The summed E-state index contributed by atoms with van der Waals surface area (Å²) >= 11 is 0. The Bertz CT molecular complexity index is 637. The molecular formula is C25H44O3S. The highest BCUT2D eigenvalue weighted by atomic mass is 32.2. The van der Waals surface area contributed by atoms with Crippen LogP contribution in [0.1, 0.15) is 121 Å². The van der Waals surface area contributed by atoms with E-state index in [-0.39, 0.29) is 4.90 Å². The first kappa shape index (κ1) is 26.2. The van der Waals surface area contributed by atoms with Crippen molar-refractivity contribution in [2.75, 3.05) is 0 Å². The largest absolute Gasteiger partial charge is 0.295 e. The molecule has 0 fully saturated rings. The van der Waals surface area contributed by atoms with Crippen LogP contribution < -0.4 is 0 Å². The monoisotopic (exact) mass is 424 g/mol. The standard InChI is InChI=1S/C25H44O3S/c1-3-4-5-6-7-8-9-10-11-12-13-14-15-16-17-18-21-24-22-19-20-23(2)25(24)29(26,27)28/h19-20,22H,3-18,21H2,1-2H3,(H,26,27,28). The summed E-state index contributed by atoms with van der Waals surface area (Å²) in [6, 6.07) is 5.42. The molecule has 0 saturated heterocycles. The summed E-state index contributed by atoms with van der Waals surface area (Å²) in [5, 5.41) is 0. The average molecular weight is 425 g/mol. The molecule has 1 N–H and O–H groups in total. The number of hydrogen-bond donors (Lipinski definition) is 1. The van der Waals surface area contributed by atoms with E-state index >= 15 is 0 Å². The topological polar surface area (TPSA) is 54.4 Å². The maximum Gasteiger partial charge on any atom is 0.295 e. The molecule has 0 aliphatic rings. The van der Waals surface area contributed by atoms with E-state index < -0.39 is 10.1 Å². The van der Waals surface area contributed by atoms with Gasteiger partial charge in [0, 0.05) is 0 Å². The van der Waals surface area contributed by atoms with Gasteiger partial charge in [-0.05, 0) is 30.9 Å². The van der Waals surface area contributed by atoms with Gasteiger partial charge >= 0.3 is 0 Å². The smallest absolute Gasteiger partial charge is 0.282 e. The fraction of sp³-hybridized carbons (Fsp3) is 0.760. The van der Waals surface area contributed by atoms with Gasteiger partial charge in [0.05, 0.1) is 4.90 Å². The Morgan fingerprint density at radius 3 is 1.52 bits per heavy atom. The summed E-state index contributed by atoms with van der Waals surface area (Å²) in [4.78, 5) is 0.112. The molecule has 0 saturated carbocycles. The van der Waals surface area contributed by atoms with Gasteiger partial charge in [-0.25, -0.2) is 0 Å². The molecule has 0 aliphatic heterocycles. The number of benzene rings is 1. The molecule has 168 valence electrons. The Hall–Kier alpha value is -0.870. The fourth-order valence-corrected chi connectivity index (χ4v) is 5.12. The first-order valence-electron chi connectivity index (χ1n) is 12.0. The molecule has 0 aromatic heterocycles. The molecular weight excluding hydrogens is 380 g/mol. The van der Waals surface area contributed by atoms with Crippen LogP contribution in [0, 0.1) is 6.92 Å².